The van der Waals surface area contributed by atoms with Crippen molar-refractivity contribution in [2.24, 2.45) is 0 Å². The Morgan fingerprint density at radius 3 is 2.00 bits per heavy atom. The summed E-state index contributed by atoms with van der Waals surface area (Å²) in [6.07, 6.45) is 2.18. The molecule has 3 aromatic rings. The van der Waals surface area contributed by atoms with Gasteiger partial charge in [0.25, 0.3) is 0 Å². The van der Waals surface area contributed by atoms with E-state index in [4.69, 9.17) is 40.0 Å². The number of ether oxygens (including phenoxy) is 6. The van der Waals surface area contributed by atoms with Gasteiger partial charge in [0, 0.05) is 34.8 Å². The van der Waals surface area contributed by atoms with Crippen LogP contribution in [0.3, 0.4) is 0 Å². The summed E-state index contributed by atoms with van der Waals surface area (Å²) in [5.41, 5.74) is 5.72. The first kappa shape index (κ1) is 32.1. The van der Waals surface area contributed by atoms with Crippen molar-refractivity contribution in [2.45, 2.75) is 42.9 Å². The minimum Gasteiger partial charge on any atom is -0.493 e. The normalized spacial score (nSPS) is 16.5. The van der Waals surface area contributed by atoms with Gasteiger partial charge in [-0.05, 0) is 78.9 Å². The molecule has 0 amide bonds. The van der Waals surface area contributed by atoms with E-state index in [9.17, 15) is 5.21 Å². The fraction of sp³-hybridized carbons (Fsp3) is 0.419. The van der Waals surface area contributed by atoms with Crippen LogP contribution in [0.2, 0.25) is 5.02 Å². The fourth-order valence-electron chi connectivity index (χ4n) is 4.88. The topological polar surface area (TPSA) is 90.9 Å². The van der Waals surface area contributed by atoms with Crippen LogP contribution in [0, 0.1) is 0 Å². The monoisotopic (exact) mass is 618 g/mol. The van der Waals surface area contributed by atoms with E-state index in [1.807, 2.05) is 42.5 Å². The molecule has 1 fully saturated rings. The van der Waals surface area contributed by atoms with Gasteiger partial charge in [-0.25, -0.2) is 5.43 Å². The van der Waals surface area contributed by atoms with Gasteiger partial charge in [-0.15, -0.1) is 16.9 Å². The number of hydrogen-bond donors (Lipinski definition) is 2. The molecule has 0 spiro atoms. The molecule has 0 aliphatic carbocycles. The van der Waals surface area contributed by atoms with Gasteiger partial charge in [0.05, 0.1) is 47.3 Å². The summed E-state index contributed by atoms with van der Waals surface area (Å²) >= 11 is 7.74. The van der Waals surface area contributed by atoms with Crippen LogP contribution >= 0.6 is 23.4 Å². The minimum atomic E-state index is -0.154. The van der Waals surface area contributed by atoms with Gasteiger partial charge in [-0.2, -0.15) is 0 Å². The molecule has 1 saturated heterocycles. The Morgan fingerprint density at radius 1 is 0.881 bits per heavy atom. The van der Waals surface area contributed by atoms with Crippen molar-refractivity contribution in [2.75, 3.05) is 47.8 Å². The van der Waals surface area contributed by atoms with Gasteiger partial charge in [0.2, 0.25) is 5.75 Å². The molecule has 228 valence electrons. The summed E-state index contributed by atoms with van der Waals surface area (Å²) in [6, 6.07) is 15.7. The molecule has 1 aliphatic rings. The number of halogens is 1. The van der Waals surface area contributed by atoms with Crippen LogP contribution in [0.15, 0.2) is 53.4 Å². The molecule has 2 atom stereocenters. The summed E-state index contributed by atoms with van der Waals surface area (Å²) in [6.45, 7) is 0.858. The lowest BCUT2D eigenvalue weighted by atomic mass is 10.0. The number of rotatable bonds is 15. The Bertz CT molecular complexity index is 1280. The van der Waals surface area contributed by atoms with E-state index in [-0.39, 0.29) is 12.2 Å². The largest absolute Gasteiger partial charge is 0.493 e. The van der Waals surface area contributed by atoms with Gasteiger partial charge in [-0.3, -0.25) is 5.21 Å². The molecule has 2 unspecified atom stereocenters. The van der Waals surface area contributed by atoms with Crippen molar-refractivity contribution in [1.29, 1.82) is 0 Å². The van der Waals surface area contributed by atoms with Crippen LogP contribution in [0.5, 0.6) is 28.7 Å². The highest BCUT2D eigenvalue weighted by atomic mass is 35.5. The molecule has 0 saturated carbocycles. The van der Waals surface area contributed by atoms with E-state index in [1.54, 1.807) is 40.2 Å². The highest BCUT2D eigenvalue weighted by Gasteiger charge is 2.31. The van der Waals surface area contributed by atoms with Gasteiger partial charge in [-0.1, -0.05) is 11.6 Å². The lowest BCUT2D eigenvalue weighted by Gasteiger charge is -2.21. The van der Waals surface area contributed by atoms with Crippen molar-refractivity contribution in [3.05, 3.63) is 70.2 Å². The van der Waals surface area contributed by atoms with E-state index >= 15 is 0 Å². The maximum absolute atomic E-state index is 9.75. The summed E-state index contributed by atoms with van der Waals surface area (Å²) in [7, 11) is 7.95. The van der Waals surface area contributed by atoms with Crippen LogP contribution in [0.25, 0.3) is 0 Å². The summed E-state index contributed by atoms with van der Waals surface area (Å²) in [5, 5.41) is 11.4. The molecule has 0 aromatic heterocycles. The molecular formula is C31H39ClN2O7S. The molecule has 0 radical (unpaired) electrons. The minimum absolute atomic E-state index is 0.145. The third kappa shape index (κ3) is 8.15. The molecule has 3 aromatic carbocycles. The number of nitrogens with one attached hydrogen (secondary N) is 1. The van der Waals surface area contributed by atoms with Gasteiger partial charge in [0.1, 0.15) is 0 Å². The predicted molar refractivity (Wildman–Crippen MR) is 164 cm³/mol. The smallest absolute Gasteiger partial charge is 0.203 e. The van der Waals surface area contributed by atoms with Crippen molar-refractivity contribution in [1.82, 2.24) is 10.6 Å². The van der Waals surface area contributed by atoms with E-state index in [0.29, 0.717) is 41.9 Å². The molecular weight excluding hydrogens is 580 g/mol. The van der Waals surface area contributed by atoms with E-state index in [2.05, 4.69) is 11.5 Å². The van der Waals surface area contributed by atoms with Gasteiger partial charge in [0.15, 0.2) is 23.0 Å². The second-order valence-electron chi connectivity index (χ2n) is 9.72. The first-order chi connectivity index (χ1) is 20.4. The van der Waals surface area contributed by atoms with Crippen molar-refractivity contribution < 1.29 is 33.6 Å². The summed E-state index contributed by atoms with van der Waals surface area (Å²) in [5.74, 6) is 3.90. The van der Waals surface area contributed by atoms with Crippen molar-refractivity contribution in [3.8, 4) is 28.7 Å². The van der Waals surface area contributed by atoms with Crippen LogP contribution in [-0.4, -0.2) is 58.2 Å². The zero-order valence-electron chi connectivity index (χ0n) is 24.6. The maximum atomic E-state index is 9.75. The third-order valence-electron chi connectivity index (χ3n) is 6.94. The first-order valence-corrected chi connectivity index (χ1v) is 15.1. The average Bonchev–Trinajstić information content (AvgIpc) is 3.50. The molecule has 0 bridgehead atoms. The standard InChI is InChI=1S/C31H39ClN2O7S/c1-34(35)33-19-22-15-20(16-27(36-2)30(22)40-13-6-14-42-24-9-7-23(32)8-10-24)25-11-12-26(41-25)21-17-28(37-3)31(39-5)29(18-21)38-4/h7-10,15-18,25-26,33,35H,6,11-14,19H2,1-5H3. The lowest BCUT2D eigenvalue weighted by Crippen LogP contribution is -2.30. The Labute approximate surface area is 256 Å². The highest BCUT2D eigenvalue weighted by molar-refractivity contribution is 7.99. The zero-order valence-corrected chi connectivity index (χ0v) is 26.2. The predicted octanol–water partition coefficient (Wildman–Crippen LogP) is 6.85. The van der Waals surface area contributed by atoms with Crippen LogP contribution in [-0.2, 0) is 11.3 Å². The van der Waals surface area contributed by atoms with Crippen LogP contribution in [0.4, 0.5) is 0 Å². The highest BCUT2D eigenvalue weighted by Crippen LogP contribution is 2.47. The molecule has 9 nitrogen and oxygen atoms in total. The Balaban J connectivity index is 1.48. The number of hydroxylamine groups is 1. The zero-order chi connectivity index (χ0) is 30.1. The number of hydrogen-bond acceptors (Lipinski definition) is 10. The van der Waals surface area contributed by atoms with E-state index in [1.165, 1.54) is 11.9 Å². The van der Waals surface area contributed by atoms with Crippen molar-refractivity contribution in [3.63, 3.8) is 0 Å². The molecule has 11 heteroatoms. The van der Waals surface area contributed by atoms with Crippen LogP contribution in [0.1, 0.15) is 48.2 Å². The molecule has 1 aliphatic heterocycles. The Morgan fingerprint density at radius 2 is 1.45 bits per heavy atom. The number of benzene rings is 3. The van der Waals surface area contributed by atoms with E-state index in [0.717, 1.165) is 51.9 Å². The second kappa shape index (κ2) is 15.6. The number of methoxy groups -OCH3 is 4. The summed E-state index contributed by atoms with van der Waals surface area (Å²) < 4.78 is 35.1. The molecule has 42 heavy (non-hydrogen) atoms. The summed E-state index contributed by atoms with van der Waals surface area (Å²) in [4.78, 5) is 1.17. The van der Waals surface area contributed by atoms with Crippen molar-refractivity contribution >= 4 is 23.4 Å². The lowest BCUT2D eigenvalue weighted by molar-refractivity contribution is -0.114. The van der Waals surface area contributed by atoms with Crippen LogP contribution < -0.4 is 29.1 Å². The number of nitrogens with zero attached hydrogens (tertiary/aromatic N) is 1. The number of thioether (sulfide) groups is 1. The Kier molecular flexibility index (Phi) is 11.9. The maximum Gasteiger partial charge on any atom is 0.203 e. The number of hydrazine groups is 1. The van der Waals surface area contributed by atoms with Gasteiger partial charge >= 0.3 is 0 Å². The van der Waals surface area contributed by atoms with E-state index < -0.39 is 0 Å². The second-order valence-corrected chi connectivity index (χ2v) is 11.3. The Hall–Kier alpha value is -2.86. The van der Waals surface area contributed by atoms with Gasteiger partial charge < -0.3 is 28.4 Å². The third-order valence-corrected chi connectivity index (χ3v) is 8.29. The molecule has 4 rings (SSSR count). The fourth-order valence-corrected chi connectivity index (χ4v) is 5.84. The molecule has 1 heterocycles. The molecule has 2 N–H and O–H groups in total. The SMILES string of the molecule is COc1cc(C2CCC(c3cc(OC)c(OC)c(OC)c3)O2)cc(CNN(C)O)c1OCCCSc1ccc(Cl)cc1. The quantitative estimate of drug-likeness (QED) is 0.107. The first-order valence-electron chi connectivity index (χ1n) is 13.7. The average molecular weight is 619 g/mol.